The molecule has 2 saturated heterocycles. The van der Waals surface area contributed by atoms with Crippen LogP contribution in [0.3, 0.4) is 0 Å². The van der Waals surface area contributed by atoms with Gasteiger partial charge < -0.3 is 35.8 Å². The van der Waals surface area contributed by atoms with Crippen molar-refractivity contribution in [1.82, 2.24) is 89.5 Å². The number of alkyl halides is 2. The molecule has 0 aliphatic carbocycles. The highest BCUT2D eigenvalue weighted by molar-refractivity contribution is 6.37. The van der Waals surface area contributed by atoms with Crippen molar-refractivity contribution >= 4 is 118 Å². The van der Waals surface area contributed by atoms with Crippen molar-refractivity contribution in [3.05, 3.63) is 179 Å². The van der Waals surface area contributed by atoms with Gasteiger partial charge in [0.2, 0.25) is 0 Å². The first-order valence-corrected chi connectivity index (χ1v) is 30.1. The SMILES string of the molecule is C[C@H](Nc1ncnc2nc[nH]c12)c1cc2cccc(Cl)c2c(-c2cccnc2)n1.C[C@H](Nc1ncnc2nc[nH]c12)c1cc2cccc(Cl)c2c(CCN2CC(F)(F)C2)n1.C[C@H](Nc1ncnc2nc[nH]c12)c1cc2cccc(Cl)c2c(CCN2CCC2)n1. The molecule has 21 nitrogen and oxygen atoms in total. The van der Waals surface area contributed by atoms with E-state index in [-0.39, 0.29) is 31.2 Å². The van der Waals surface area contributed by atoms with Crippen LogP contribution in [0.5, 0.6) is 0 Å². The number of benzene rings is 3. The van der Waals surface area contributed by atoms with Crippen molar-refractivity contribution in [2.24, 2.45) is 0 Å². The molecular formula is C63H58Cl3F2N21. The molecule has 0 unspecified atom stereocenters. The Bertz CT molecular complexity index is 4670. The molecule has 0 bridgehead atoms. The summed E-state index contributed by atoms with van der Waals surface area (Å²) in [6.07, 6.45) is 15.5. The van der Waals surface area contributed by atoms with Gasteiger partial charge in [0.25, 0.3) is 5.92 Å². The van der Waals surface area contributed by atoms with E-state index in [1.54, 1.807) is 36.3 Å². The molecule has 450 valence electrons. The first kappa shape index (κ1) is 58.7. The van der Waals surface area contributed by atoms with Gasteiger partial charge in [0.05, 0.1) is 99.4 Å². The Labute approximate surface area is 523 Å². The number of hydrogen-bond acceptors (Lipinski definition) is 18. The zero-order valence-corrected chi connectivity index (χ0v) is 50.7. The van der Waals surface area contributed by atoms with Crippen LogP contribution in [0.4, 0.5) is 26.2 Å². The number of imidazole rings is 3. The fourth-order valence-electron chi connectivity index (χ4n) is 11.1. The van der Waals surface area contributed by atoms with E-state index in [0.29, 0.717) is 51.6 Å². The maximum atomic E-state index is 13.2. The monoisotopic (exact) mass is 1250 g/mol. The van der Waals surface area contributed by atoms with Crippen molar-refractivity contribution in [2.45, 2.75) is 64.1 Å². The minimum absolute atomic E-state index is 0.0393. The number of nitrogens with zero attached hydrogens (tertiary/aromatic N) is 15. The van der Waals surface area contributed by atoms with Gasteiger partial charge in [0.1, 0.15) is 35.5 Å². The normalized spacial score (nSPS) is 15.0. The summed E-state index contributed by atoms with van der Waals surface area (Å²) in [6, 6.07) is 27.3. The molecule has 3 aromatic carbocycles. The minimum atomic E-state index is -2.58. The molecule has 6 N–H and O–H groups in total. The third kappa shape index (κ3) is 12.7. The lowest BCUT2D eigenvalue weighted by atomic mass is 10.0. The van der Waals surface area contributed by atoms with Crippen molar-refractivity contribution < 1.29 is 8.78 Å². The van der Waals surface area contributed by atoms with Gasteiger partial charge >= 0.3 is 0 Å². The second-order valence-electron chi connectivity index (χ2n) is 22.0. The molecule has 12 heterocycles. The standard InChI is InChI=1S/C21H20ClF2N7.C21H16ClN7.C21H22ClN7/c1-12(29-20-18-19(26-10-25-18)27-11-28-20)16-7-13-3-2-4-14(22)17(13)15(30-16)5-6-31-8-21(23,24)9-31;1-12(28-21-19-20(25-10-24-19)26-11-27-21)16-8-13-4-2-6-15(22)17(13)18(29-16)14-5-3-7-23-9-14;1-13(27-21-19-20(24-11-23-19)25-12-26-21)17-10-14-4-2-5-15(22)18(14)16(28-17)6-9-29-7-3-8-29/h2-4,7,10-12H,5-6,8-9H2,1H3,(H2,25,26,27,28,29);2-12H,1H3,(H2,24,25,26,27,28);2,4-5,10-13H,3,6-9H2,1H3,(H2,23,24,25,26,27)/t2*12-;13-/m000/s1. The molecule has 2 aliphatic rings. The molecule has 2 aliphatic heterocycles. The average Bonchev–Trinajstić information content (AvgIpc) is 4.20. The van der Waals surface area contributed by atoms with Crippen molar-refractivity contribution in [1.29, 1.82) is 0 Å². The second kappa shape index (κ2) is 25.5. The summed E-state index contributed by atoms with van der Waals surface area (Å²) >= 11 is 19.5. The molecule has 10 aromatic heterocycles. The summed E-state index contributed by atoms with van der Waals surface area (Å²) in [5.41, 5.74) is 10.3. The van der Waals surface area contributed by atoms with Crippen LogP contribution >= 0.6 is 34.8 Å². The van der Waals surface area contributed by atoms with Crippen LogP contribution in [0.25, 0.3) is 77.1 Å². The summed E-state index contributed by atoms with van der Waals surface area (Å²) < 4.78 is 26.4. The Kier molecular flexibility index (Phi) is 16.8. The molecule has 15 rings (SSSR count). The van der Waals surface area contributed by atoms with Crippen LogP contribution in [0, 0.1) is 0 Å². The van der Waals surface area contributed by atoms with E-state index in [1.807, 2.05) is 86.6 Å². The van der Waals surface area contributed by atoms with Gasteiger partial charge in [0.15, 0.2) is 34.4 Å². The highest BCUT2D eigenvalue weighted by Gasteiger charge is 2.43. The molecule has 0 saturated carbocycles. The number of aromatic nitrogens is 16. The van der Waals surface area contributed by atoms with E-state index < -0.39 is 5.92 Å². The lowest BCUT2D eigenvalue weighted by Gasteiger charge is -2.38. The maximum absolute atomic E-state index is 13.2. The number of H-pyrrole nitrogens is 3. The third-order valence-corrected chi connectivity index (χ3v) is 16.8. The van der Waals surface area contributed by atoms with E-state index in [2.05, 4.69) is 105 Å². The van der Waals surface area contributed by atoms with Gasteiger partial charge in [-0.3, -0.25) is 19.9 Å². The number of halogens is 5. The Hall–Kier alpha value is -9.26. The molecule has 13 aromatic rings. The molecule has 0 spiro atoms. The van der Waals surface area contributed by atoms with E-state index >= 15 is 0 Å². The number of rotatable bonds is 16. The molecule has 3 atom stereocenters. The van der Waals surface area contributed by atoms with Gasteiger partial charge in [-0.05, 0) is 105 Å². The third-order valence-electron chi connectivity index (χ3n) is 15.8. The lowest BCUT2D eigenvalue weighted by Crippen LogP contribution is -2.56. The molecule has 0 radical (unpaired) electrons. The quantitative estimate of drug-likeness (QED) is 0.0525. The zero-order chi connectivity index (χ0) is 61.2. The number of aromatic amines is 3. The van der Waals surface area contributed by atoms with Crippen molar-refractivity contribution in [3.8, 4) is 11.3 Å². The zero-order valence-electron chi connectivity index (χ0n) is 48.4. The topological polar surface area (TPSA) is 258 Å². The minimum Gasteiger partial charge on any atom is -0.360 e. The fraction of sp³-hybridized carbons (Fsp3) is 0.254. The predicted octanol–water partition coefficient (Wildman–Crippen LogP) is 13.0. The molecule has 89 heavy (non-hydrogen) atoms. The first-order chi connectivity index (χ1) is 43.3. The highest BCUT2D eigenvalue weighted by atomic mass is 35.5. The summed E-state index contributed by atoms with van der Waals surface area (Å²) in [5.74, 6) is -0.554. The second-order valence-corrected chi connectivity index (χ2v) is 23.2. The summed E-state index contributed by atoms with van der Waals surface area (Å²) in [7, 11) is 0. The fourth-order valence-corrected chi connectivity index (χ4v) is 12.0. The summed E-state index contributed by atoms with van der Waals surface area (Å²) in [5, 5.41) is 18.2. The van der Waals surface area contributed by atoms with Crippen LogP contribution < -0.4 is 16.0 Å². The van der Waals surface area contributed by atoms with E-state index in [1.165, 1.54) is 38.5 Å². The number of likely N-dealkylation sites (tertiary alicyclic amines) is 2. The van der Waals surface area contributed by atoms with Crippen LogP contribution in [0.15, 0.2) is 135 Å². The number of nitrogens with one attached hydrogen (secondary N) is 6. The number of hydrogen-bond donors (Lipinski definition) is 6. The Morgan fingerprint density at radius 1 is 0.517 bits per heavy atom. The molecule has 0 amide bonds. The molecular weight excluding hydrogens is 1200 g/mol. The van der Waals surface area contributed by atoms with Gasteiger partial charge in [-0.25, -0.2) is 58.6 Å². The van der Waals surface area contributed by atoms with Gasteiger partial charge in [-0.2, -0.15) is 0 Å². The Morgan fingerprint density at radius 2 is 0.944 bits per heavy atom. The van der Waals surface area contributed by atoms with Crippen molar-refractivity contribution in [3.63, 3.8) is 0 Å². The first-order valence-electron chi connectivity index (χ1n) is 29.0. The summed E-state index contributed by atoms with van der Waals surface area (Å²) in [4.78, 5) is 70.5. The number of pyridine rings is 4. The number of anilines is 3. The average molecular weight is 1250 g/mol. The molecule has 2 fully saturated rings. The van der Waals surface area contributed by atoms with Gasteiger partial charge in [-0.15, -0.1) is 0 Å². The summed E-state index contributed by atoms with van der Waals surface area (Å²) in [6.45, 7) is 9.58. The van der Waals surface area contributed by atoms with Crippen LogP contribution in [0.2, 0.25) is 15.1 Å². The maximum Gasteiger partial charge on any atom is 0.272 e. The van der Waals surface area contributed by atoms with E-state index in [0.717, 1.165) is 112 Å². The largest absolute Gasteiger partial charge is 0.360 e. The van der Waals surface area contributed by atoms with Crippen LogP contribution in [-0.4, -0.2) is 135 Å². The van der Waals surface area contributed by atoms with Gasteiger partial charge in [0, 0.05) is 60.0 Å². The smallest absolute Gasteiger partial charge is 0.272 e. The lowest BCUT2D eigenvalue weighted by molar-refractivity contribution is -0.129. The van der Waals surface area contributed by atoms with E-state index in [9.17, 15) is 8.78 Å². The van der Waals surface area contributed by atoms with Gasteiger partial charge in [-0.1, -0.05) is 71.2 Å². The molecule has 26 heteroatoms. The highest BCUT2D eigenvalue weighted by Crippen LogP contribution is 2.37. The van der Waals surface area contributed by atoms with Crippen LogP contribution in [-0.2, 0) is 12.8 Å². The predicted molar refractivity (Wildman–Crippen MR) is 345 cm³/mol. The van der Waals surface area contributed by atoms with Crippen molar-refractivity contribution in [2.75, 3.05) is 55.2 Å². The van der Waals surface area contributed by atoms with Crippen LogP contribution in [0.1, 0.15) is 73.8 Å². The van der Waals surface area contributed by atoms with E-state index in [4.69, 9.17) is 49.8 Å². The number of fused-ring (bicyclic) bond motifs is 6. The Morgan fingerprint density at radius 3 is 1.36 bits per heavy atom. The Balaban J connectivity index is 0.000000123.